The molecule has 0 saturated heterocycles. The van der Waals surface area contributed by atoms with E-state index >= 15 is 0 Å². The maximum absolute atomic E-state index is 5.60. The van der Waals surface area contributed by atoms with Crippen molar-refractivity contribution in [3.63, 3.8) is 0 Å². The number of hydrogen-bond acceptors (Lipinski definition) is 3. The molecular weight excluding hydrogens is 277 g/mol. The topological polar surface area (TPSA) is 64.1 Å². The van der Waals surface area contributed by atoms with E-state index in [1.807, 2.05) is 6.20 Å². The predicted octanol–water partition coefficient (Wildman–Crippen LogP) is 3.33. The summed E-state index contributed by atoms with van der Waals surface area (Å²) in [6, 6.07) is 0. The molecule has 0 aromatic heterocycles. The Hall–Kier alpha value is -0.463. The fourth-order valence-electron chi connectivity index (χ4n) is 2.96. The van der Waals surface area contributed by atoms with Gasteiger partial charge in [0.1, 0.15) is 0 Å². The molecule has 1 aliphatic rings. The SMILES string of the molecule is NCCCCCCCC(CCCCCN)C1=CC=CC=CN1.[LiH]. The Morgan fingerprint density at radius 1 is 0.739 bits per heavy atom. The van der Waals surface area contributed by atoms with Crippen molar-refractivity contribution in [3.8, 4) is 0 Å². The van der Waals surface area contributed by atoms with Crippen LogP contribution >= 0.6 is 0 Å². The van der Waals surface area contributed by atoms with Crippen LogP contribution < -0.4 is 16.8 Å². The molecule has 0 fully saturated rings. The Bertz CT molecular complexity index is 351. The van der Waals surface area contributed by atoms with Crippen LogP contribution in [-0.4, -0.2) is 32.0 Å². The molecule has 0 saturated carbocycles. The van der Waals surface area contributed by atoms with Gasteiger partial charge < -0.3 is 16.8 Å². The minimum absolute atomic E-state index is 0. The molecule has 5 N–H and O–H groups in total. The molecule has 1 heterocycles. The Kier molecular flexibility index (Phi) is 16.1. The van der Waals surface area contributed by atoms with E-state index in [0.717, 1.165) is 19.5 Å². The van der Waals surface area contributed by atoms with Crippen molar-refractivity contribution in [2.75, 3.05) is 13.1 Å². The van der Waals surface area contributed by atoms with Crippen LogP contribution in [0.5, 0.6) is 0 Å². The van der Waals surface area contributed by atoms with Gasteiger partial charge in [0.15, 0.2) is 0 Å². The Morgan fingerprint density at radius 3 is 1.96 bits per heavy atom. The van der Waals surface area contributed by atoms with Crippen molar-refractivity contribution in [1.82, 2.24) is 5.32 Å². The van der Waals surface area contributed by atoms with Gasteiger partial charge in [0.2, 0.25) is 0 Å². The van der Waals surface area contributed by atoms with Crippen LogP contribution in [0.15, 0.2) is 36.2 Å². The monoisotopic (exact) mass is 313 g/mol. The van der Waals surface area contributed by atoms with Gasteiger partial charge in [-0.1, -0.05) is 50.7 Å². The standard InChI is InChI=1S/C19H35N3.Li.H/c20-15-9-3-1-2-6-12-18(13-7-4-10-16-21)19-14-8-5-11-17-22-19;;/h5,8,11,14,17-18,22H,1-4,6-7,9-10,12-13,15-16,20-21H2;;. The first-order chi connectivity index (χ1) is 10.9. The van der Waals surface area contributed by atoms with E-state index < -0.39 is 0 Å². The van der Waals surface area contributed by atoms with E-state index in [-0.39, 0.29) is 18.9 Å². The molecule has 1 atom stereocenters. The molecule has 0 spiro atoms. The van der Waals surface area contributed by atoms with Gasteiger partial charge >= 0.3 is 18.9 Å². The van der Waals surface area contributed by atoms with E-state index in [1.165, 1.54) is 63.5 Å². The second-order valence-electron chi connectivity index (χ2n) is 6.19. The number of allylic oxidation sites excluding steroid dienone is 5. The summed E-state index contributed by atoms with van der Waals surface area (Å²) in [6.07, 6.45) is 23.2. The molecule has 0 aliphatic carbocycles. The van der Waals surface area contributed by atoms with Gasteiger partial charge in [0, 0.05) is 11.9 Å². The van der Waals surface area contributed by atoms with E-state index in [0.29, 0.717) is 5.92 Å². The Labute approximate surface area is 155 Å². The normalized spacial score (nSPS) is 14.6. The Morgan fingerprint density at radius 2 is 1.30 bits per heavy atom. The third-order valence-corrected chi connectivity index (χ3v) is 4.30. The molecule has 4 heteroatoms. The molecular formula is C19H36LiN3. The van der Waals surface area contributed by atoms with Gasteiger partial charge in [-0.3, -0.25) is 0 Å². The summed E-state index contributed by atoms with van der Waals surface area (Å²) in [4.78, 5) is 0. The number of nitrogens with two attached hydrogens (primary N) is 2. The third-order valence-electron chi connectivity index (χ3n) is 4.30. The summed E-state index contributed by atoms with van der Waals surface area (Å²) in [5.74, 6) is 0.652. The average molecular weight is 313 g/mol. The first-order valence-corrected chi connectivity index (χ1v) is 9.08. The van der Waals surface area contributed by atoms with Crippen LogP contribution in [0, 0.1) is 5.92 Å². The maximum atomic E-state index is 5.60. The summed E-state index contributed by atoms with van der Waals surface area (Å²) in [5, 5.41) is 3.46. The number of rotatable bonds is 13. The van der Waals surface area contributed by atoms with Crippen LogP contribution in [0.1, 0.15) is 64.2 Å². The first kappa shape index (κ1) is 22.5. The molecule has 0 bridgehead atoms. The van der Waals surface area contributed by atoms with Crippen molar-refractivity contribution >= 4 is 18.9 Å². The molecule has 1 aliphatic heterocycles. The van der Waals surface area contributed by atoms with Gasteiger partial charge in [0.25, 0.3) is 0 Å². The van der Waals surface area contributed by atoms with Crippen LogP contribution in [0.4, 0.5) is 0 Å². The summed E-state index contributed by atoms with van der Waals surface area (Å²) >= 11 is 0. The molecule has 3 nitrogen and oxygen atoms in total. The molecule has 0 radical (unpaired) electrons. The van der Waals surface area contributed by atoms with Crippen LogP contribution in [0.2, 0.25) is 0 Å². The van der Waals surface area contributed by atoms with E-state index in [1.54, 1.807) is 0 Å². The van der Waals surface area contributed by atoms with Crippen molar-refractivity contribution in [1.29, 1.82) is 0 Å². The summed E-state index contributed by atoms with van der Waals surface area (Å²) < 4.78 is 0. The van der Waals surface area contributed by atoms with Crippen molar-refractivity contribution in [3.05, 3.63) is 36.2 Å². The van der Waals surface area contributed by atoms with Gasteiger partial charge in [-0.2, -0.15) is 0 Å². The average Bonchev–Trinajstić information content (AvgIpc) is 2.82. The zero-order valence-electron chi connectivity index (χ0n) is 14.1. The van der Waals surface area contributed by atoms with Gasteiger partial charge in [-0.15, -0.1) is 0 Å². The minimum atomic E-state index is 0. The second kappa shape index (κ2) is 16.4. The zero-order chi connectivity index (χ0) is 15.9. The molecule has 1 rings (SSSR count). The van der Waals surface area contributed by atoms with Gasteiger partial charge in [-0.25, -0.2) is 0 Å². The fraction of sp³-hybridized carbons (Fsp3) is 0.684. The molecule has 128 valence electrons. The van der Waals surface area contributed by atoms with E-state index in [4.69, 9.17) is 11.5 Å². The van der Waals surface area contributed by atoms with Crippen LogP contribution in [0.25, 0.3) is 0 Å². The Balaban J connectivity index is 0.00000484. The van der Waals surface area contributed by atoms with Crippen molar-refractivity contribution in [2.24, 2.45) is 17.4 Å². The van der Waals surface area contributed by atoms with Crippen LogP contribution in [-0.2, 0) is 0 Å². The summed E-state index contributed by atoms with van der Waals surface area (Å²) in [7, 11) is 0. The zero-order valence-corrected chi connectivity index (χ0v) is 14.1. The van der Waals surface area contributed by atoms with Crippen molar-refractivity contribution < 1.29 is 0 Å². The molecule has 1 unspecified atom stereocenters. The molecule has 23 heavy (non-hydrogen) atoms. The third kappa shape index (κ3) is 11.7. The first-order valence-electron chi connectivity index (χ1n) is 9.08. The molecule has 0 aromatic carbocycles. The number of hydrogen-bond donors (Lipinski definition) is 3. The number of unbranched alkanes of at least 4 members (excludes halogenated alkanes) is 6. The van der Waals surface area contributed by atoms with E-state index in [2.05, 4.69) is 29.6 Å². The summed E-state index contributed by atoms with van der Waals surface area (Å²) in [6.45, 7) is 1.65. The number of nitrogens with one attached hydrogen (secondary N) is 1. The van der Waals surface area contributed by atoms with Crippen molar-refractivity contribution in [2.45, 2.75) is 64.2 Å². The van der Waals surface area contributed by atoms with Gasteiger partial charge in [-0.05, 0) is 56.8 Å². The quantitative estimate of drug-likeness (QED) is 0.361. The van der Waals surface area contributed by atoms with Gasteiger partial charge in [0.05, 0.1) is 0 Å². The van der Waals surface area contributed by atoms with Crippen LogP contribution in [0.3, 0.4) is 0 Å². The van der Waals surface area contributed by atoms with E-state index in [9.17, 15) is 0 Å². The molecule has 0 amide bonds. The fourth-order valence-corrected chi connectivity index (χ4v) is 2.96. The molecule has 0 aromatic rings. The second-order valence-corrected chi connectivity index (χ2v) is 6.19. The summed E-state index contributed by atoms with van der Waals surface area (Å²) in [5.41, 5.74) is 12.5. The predicted molar refractivity (Wildman–Crippen MR) is 104 cm³/mol.